The monoisotopic (exact) mass is 510 g/mol. The number of benzene rings is 2. The normalized spacial score (nSPS) is 15.0. The second-order valence-electron chi connectivity index (χ2n) is 8.54. The molecule has 0 bridgehead atoms. The van der Waals surface area contributed by atoms with Gasteiger partial charge in [-0.25, -0.2) is 16.8 Å². The van der Waals surface area contributed by atoms with Crippen LogP contribution in [0, 0.1) is 5.92 Å². The number of carbonyl (C=O) groups excluding carboxylic acids is 1. The highest BCUT2D eigenvalue weighted by Crippen LogP contribution is 2.18. The number of amides is 1. The van der Waals surface area contributed by atoms with Gasteiger partial charge in [-0.1, -0.05) is 62.4 Å². The third-order valence-corrected chi connectivity index (χ3v) is 8.32. The third kappa shape index (κ3) is 8.50. The summed E-state index contributed by atoms with van der Waals surface area (Å²) in [4.78, 5) is 12.9. The topological polar surface area (TPSA) is 121 Å². The number of hydrogen-bond donors (Lipinski definition) is 2. The molecule has 0 radical (unpaired) electrons. The third-order valence-electron chi connectivity index (χ3n) is 5.34. The van der Waals surface area contributed by atoms with Gasteiger partial charge in [0.2, 0.25) is 15.9 Å². The van der Waals surface area contributed by atoms with Crippen molar-refractivity contribution in [3.05, 3.63) is 66.2 Å². The van der Waals surface area contributed by atoms with E-state index in [9.17, 15) is 26.7 Å². The number of nitrogens with zero attached hydrogens (tertiary/aromatic N) is 1. The standard InChI is InChI=1S/C24H34N2O6S2/c1-4-15-26(34(31,32)21-13-9-6-10-14-21)17-23(27)22(16-20-11-7-5-8-12-20)25-24(28)19(2)18-33(3,29)30/h5-14,19,22-23,27H,4,15-18H2,1-3H3,(H,25,28)/t19?,22-,23+/m0/s1. The van der Waals surface area contributed by atoms with E-state index in [1.54, 1.807) is 18.2 Å². The largest absolute Gasteiger partial charge is 0.390 e. The summed E-state index contributed by atoms with van der Waals surface area (Å²) in [5.41, 5.74) is 0.843. The summed E-state index contributed by atoms with van der Waals surface area (Å²) in [5.74, 6) is -1.66. The van der Waals surface area contributed by atoms with Crippen LogP contribution >= 0.6 is 0 Å². The molecule has 3 atom stereocenters. The Morgan fingerprint density at radius 1 is 1.00 bits per heavy atom. The van der Waals surface area contributed by atoms with Gasteiger partial charge < -0.3 is 10.4 Å². The first kappa shape index (κ1) is 28.0. The Morgan fingerprint density at radius 2 is 1.56 bits per heavy atom. The van der Waals surface area contributed by atoms with Crippen molar-refractivity contribution in [1.29, 1.82) is 0 Å². The Hall–Kier alpha value is -2.27. The summed E-state index contributed by atoms with van der Waals surface area (Å²) in [6.07, 6.45) is 0.633. The molecule has 1 amide bonds. The van der Waals surface area contributed by atoms with E-state index in [0.29, 0.717) is 6.42 Å². The minimum absolute atomic E-state index is 0.126. The quantitative estimate of drug-likeness (QED) is 0.424. The van der Waals surface area contributed by atoms with Gasteiger partial charge in [-0.2, -0.15) is 4.31 Å². The Labute approximate surface area is 203 Å². The van der Waals surface area contributed by atoms with Crippen molar-refractivity contribution in [3.63, 3.8) is 0 Å². The van der Waals surface area contributed by atoms with Crippen LogP contribution in [-0.2, 0) is 31.1 Å². The minimum atomic E-state index is -3.85. The van der Waals surface area contributed by atoms with Gasteiger partial charge in [0, 0.05) is 25.3 Å². The van der Waals surface area contributed by atoms with E-state index in [4.69, 9.17) is 0 Å². The molecular formula is C24H34N2O6S2. The van der Waals surface area contributed by atoms with E-state index in [1.165, 1.54) is 23.4 Å². The number of sulfonamides is 1. The molecular weight excluding hydrogens is 476 g/mol. The van der Waals surface area contributed by atoms with Crippen molar-refractivity contribution in [1.82, 2.24) is 9.62 Å². The van der Waals surface area contributed by atoms with Gasteiger partial charge in [0.05, 0.1) is 22.8 Å². The zero-order chi connectivity index (χ0) is 25.4. The van der Waals surface area contributed by atoms with Gasteiger partial charge in [0.25, 0.3) is 0 Å². The highest BCUT2D eigenvalue weighted by molar-refractivity contribution is 7.90. The lowest BCUT2D eigenvalue weighted by Gasteiger charge is -2.30. The van der Waals surface area contributed by atoms with Crippen LogP contribution in [0.5, 0.6) is 0 Å². The van der Waals surface area contributed by atoms with Gasteiger partial charge in [0.1, 0.15) is 9.84 Å². The van der Waals surface area contributed by atoms with Gasteiger partial charge >= 0.3 is 0 Å². The highest BCUT2D eigenvalue weighted by atomic mass is 32.2. The van der Waals surface area contributed by atoms with Crippen LogP contribution in [0.2, 0.25) is 0 Å². The highest BCUT2D eigenvalue weighted by Gasteiger charge is 2.31. The molecule has 0 aliphatic carbocycles. The first-order valence-corrected chi connectivity index (χ1v) is 14.7. The molecule has 0 aliphatic heterocycles. The van der Waals surface area contributed by atoms with Crippen LogP contribution in [-0.4, -0.2) is 69.4 Å². The Kier molecular flexibility index (Phi) is 10.2. The van der Waals surface area contributed by atoms with Crippen molar-refractivity contribution < 1.29 is 26.7 Å². The molecule has 34 heavy (non-hydrogen) atoms. The lowest BCUT2D eigenvalue weighted by molar-refractivity contribution is -0.125. The van der Waals surface area contributed by atoms with Crippen molar-refractivity contribution in [2.45, 2.75) is 43.7 Å². The van der Waals surface area contributed by atoms with Crippen LogP contribution < -0.4 is 5.32 Å². The molecule has 0 saturated carbocycles. The number of hydrogen-bond acceptors (Lipinski definition) is 6. The molecule has 0 aliphatic rings. The summed E-state index contributed by atoms with van der Waals surface area (Å²) in [6.45, 7) is 3.33. The first-order chi connectivity index (χ1) is 15.9. The predicted molar refractivity (Wildman–Crippen MR) is 132 cm³/mol. The van der Waals surface area contributed by atoms with E-state index in [-0.39, 0.29) is 30.2 Å². The minimum Gasteiger partial charge on any atom is -0.390 e. The van der Waals surface area contributed by atoms with Crippen molar-refractivity contribution >= 4 is 25.8 Å². The molecule has 0 heterocycles. The number of aliphatic hydroxyl groups is 1. The lowest BCUT2D eigenvalue weighted by Crippen LogP contribution is -2.52. The molecule has 2 aromatic carbocycles. The van der Waals surface area contributed by atoms with Gasteiger partial charge in [-0.05, 0) is 30.5 Å². The molecule has 2 aromatic rings. The van der Waals surface area contributed by atoms with Crippen LogP contribution in [0.1, 0.15) is 25.8 Å². The molecule has 10 heteroatoms. The SMILES string of the molecule is CCCN(C[C@@H](O)[C@H](Cc1ccccc1)NC(=O)C(C)CS(C)(=O)=O)S(=O)(=O)c1ccccc1. The molecule has 2 N–H and O–H groups in total. The zero-order valence-corrected chi connectivity index (χ0v) is 21.4. The average molecular weight is 511 g/mol. The number of sulfone groups is 1. The lowest BCUT2D eigenvalue weighted by atomic mass is 10.00. The van der Waals surface area contributed by atoms with Gasteiger partial charge in [-0.15, -0.1) is 0 Å². The molecule has 0 aromatic heterocycles. The molecule has 2 rings (SSSR count). The fourth-order valence-corrected chi connectivity index (χ4v) is 6.27. The number of rotatable bonds is 13. The fraction of sp³-hybridized carbons (Fsp3) is 0.458. The molecule has 0 saturated heterocycles. The summed E-state index contributed by atoms with van der Waals surface area (Å²) in [6, 6.07) is 16.4. The summed E-state index contributed by atoms with van der Waals surface area (Å²) in [7, 11) is -7.22. The Bertz CT molecular complexity index is 1120. The average Bonchev–Trinajstić information content (AvgIpc) is 2.78. The van der Waals surface area contributed by atoms with Gasteiger partial charge in [0.15, 0.2) is 0 Å². The maximum Gasteiger partial charge on any atom is 0.243 e. The maximum atomic E-state index is 13.2. The smallest absolute Gasteiger partial charge is 0.243 e. The maximum absolute atomic E-state index is 13.2. The van der Waals surface area contributed by atoms with E-state index in [0.717, 1.165) is 11.8 Å². The van der Waals surface area contributed by atoms with Crippen LogP contribution in [0.15, 0.2) is 65.6 Å². The van der Waals surface area contributed by atoms with E-state index in [2.05, 4.69) is 5.32 Å². The number of aliphatic hydroxyl groups excluding tert-OH is 1. The first-order valence-electron chi connectivity index (χ1n) is 11.2. The van der Waals surface area contributed by atoms with Crippen LogP contribution in [0.25, 0.3) is 0 Å². The molecule has 0 fully saturated rings. The summed E-state index contributed by atoms with van der Waals surface area (Å²) < 4.78 is 50.8. The van der Waals surface area contributed by atoms with E-state index < -0.39 is 43.8 Å². The Balaban J connectivity index is 2.27. The van der Waals surface area contributed by atoms with E-state index in [1.807, 2.05) is 37.3 Å². The number of nitrogens with one attached hydrogen (secondary N) is 1. The van der Waals surface area contributed by atoms with Crippen molar-refractivity contribution in [2.75, 3.05) is 25.1 Å². The summed E-state index contributed by atoms with van der Waals surface area (Å²) in [5, 5.41) is 13.9. The zero-order valence-electron chi connectivity index (χ0n) is 19.8. The van der Waals surface area contributed by atoms with Crippen molar-refractivity contribution in [2.24, 2.45) is 5.92 Å². The molecule has 8 nitrogen and oxygen atoms in total. The van der Waals surface area contributed by atoms with Crippen molar-refractivity contribution in [3.8, 4) is 0 Å². The molecule has 0 spiro atoms. The Morgan fingerprint density at radius 3 is 2.09 bits per heavy atom. The fourth-order valence-electron chi connectivity index (χ4n) is 3.64. The summed E-state index contributed by atoms with van der Waals surface area (Å²) >= 11 is 0. The second-order valence-corrected chi connectivity index (χ2v) is 12.7. The van der Waals surface area contributed by atoms with Crippen LogP contribution in [0.4, 0.5) is 0 Å². The second kappa shape index (κ2) is 12.4. The number of carbonyl (C=O) groups is 1. The predicted octanol–water partition coefficient (Wildman–Crippen LogP) is 1.86. The van der Waals surface area contributed by atoms with Gasteiger partial charge in [-0.3, -0.25) is 4.79 Å². The van der Waals surface area contributed by atoms with Crippen LogP contribution in [0.3, 0.4) is 0 Å². The molecule has 188 valence electrons. The van der Waals surface area contributed by atoms with E-state index >= 15 is 0 Å². The molecule has 1 unspecified atom stereocenters.